The summed E-state index contributed by atoms with van der Waals surface area (Å²) in [5.41, 5.74) is 0. The smallest absolute Gasteiger partial charge is 0.214 e. The van der Waals surface area contributed by atoms with Gasteiger partial charge in [0.15, 0.2) is 0 Å². The van der Waals surface area contributed by atoms with E-state index in [1.807, 2.05) is 6.07 Å². The Hall–Kier alpha value is -1.45. The first-order valence-electron chi connectivity index (χ1n) is 9.37. The molecule has 1 aromatic heterocycles. The van der Waals surface area contributed by atoms with Crippen LogP contribution in [0, 0.1) is 5.92 Å². The summed E-state index contributed by atoms with van der Waals surface area (Å²) in [5, 5.41) is 6.67. The van der Waals surface area contributed by atoms with Crippen LogP contribution in [0.4, 0.5) is 11.6 Å². The van der Waals surface area contributed by atoms with Crippen LogP contribution in [0.25, 0.3) is 0 Å². The van der Waals surface area contributed by atoms with E-state index in [4.69, 9.17) is 4.74 Å². The number of nitrogens with zero attached hydrogens (tertiary/aromatic N) is 3. The van der Waals surface area contributed by atoms with Gasteiger partial charge in [0, 0.05) is 32.3 Å². The molecular weight excluding hydrogens is 354 g/mol. The Labute approximate surface area is 155 Å². The highest BCUT2D eigenvalue weighted by molar-refractivity contribution is 7.89. The van der Waals surface area contributed by atoms with Crippen LogP contribution in [0.15, 0.2) is 12.4 Å². The average molecular weight is 384 g/mol. The lowest BCUT2D eigenvalue weighted by Gasteiger charge is -2.35. The monoisotopic (exact) mass is 383 g/mol. The van der Waals surface area contributed by atoms with Crippen molar-refractivity contribution in [1.29, 1.82) is 0 Å². The van der Waals surface area contributed by atoms with Crippen LogP contribution < -0.4 is 10.6 Å². The SMILES string of the molecule is CC(C)C1OCCCC1Nc1cc(NCCN2CCCS2(=O)=O)ncn1. The van der Waals surface area contributed by atoms with Crippen molar-refractivity contribution in [2.45, 2.75) is 45.3 Å². The number of aromatic nitrogens is 2. The zero-order valence-electron chi connectivity index (χ0n) is 15.5. The highest BCUT2D eigenvalue weighted by Gasteiger charge is 2.29. The molecule has 2 unspecified atom stereocenters. The number of nitrogens with one attached hydrogen (secondary N) is 2. The molecule has 2 atom stereocenters. The van der Waals surface area contributed by atoms with Gasteiger partial charge in [-0.05, 0) is 25.2 Å². The first-order chi connectivity index (χ1) is 12.5. The zero-order chi connectivity index (χ0) is 18.6. The van der Waals surface area contributed by atoms with E-state index in [1.54, 1.807) is 0 Å². The largest absolute Gasteiger partial charge is 0.376 e. The van der Waals surface area contributed by atoms with Gasteiger partial charge < -0.3 is 15.4 Å². The third-order valence-corrected chi connectivity index (χ3v) is 6.85. The summed E-state index contributed by atoms with van der Waals surface area (Å²) in [6.07, 6.45) is 4.51. The molecule has 0 spiro atoms. The molecule has 26 heavy (non-hydrogen) atoms. The Morgan fingerprint density at radius 3 is 2.85 bits per heavy atom. The number of hydrogen-bond donors (Lipinski definition) is 2. The van der Waals surface area contributed by atoms with Gasteiger partial charge in [-0.25, -0.2) is 22.7 Å². The maximum absolute atomic E-state index is 11.8. The van der Waals surface area contributed by atoms with Crippen molar-refractivity contribution in [2.24, 2.45) is 5.92 Å². The first-order valence-corrected chi connectivity index (χ1v) is 11.0. The van der Waals surface area contributed by atoms with Gasteiger partial charge in [0.25, 0.3) is 0 Å². The van der Waals surface area contributed by atoms with Crippen molar-refractivity contribution in [1.82, 2.24) is 14.3 Å². The third-order valence-electron chi connectivity index (χ3n) is 4.89. The molecule has 2 aliphatic rings. The molecule has 0 saturated carbocycles. The van der Waals surface area contributed by atoms with Gasteiger partial charge in [-0.3, -0.25) is 0 Å². The minimum atomic E-state index is -3.05. The second kappa shape index (κ2) is 8.49. The molecule has 2 N–H and O–H groups in total. The first kappa shape index (κ1) is 19.3. The highest BCUT2D eigenvalue weighted by atomic mass is 32.2. The number of hydrogen-bond acceptors (Lipinski definition) is 7. The summed E-state index contributed by atoms with van der Waals surface area (Å²) in [4.78, 5) is 8.54. The van der Waals surface area contributed by atoms with E-state index in [1.165, 1.54) is 10.6 Å². The number of ether oxygens (including phenoxy) is 1. The predicted octanol–water partition coefficient (Wildman–Crippen LogP) is 1.54. The van der Waals surface area contributed by atoms with Crippen LogP contribution >= 0.6 is 0 Å². The summed E-state index contributed by atoms with van der Waals surface area (Å²) in [5.74, 6) is 2.15. The summed E-state index contributed by atoms with van der Waals surface area (Å²) >= 11 is 0. The molecule has 2 aliphatic heterocycles. The van der Waals surface area contributed by atoms with Gasteiger partial charge in [-0.15, -0.1) is 0 Å². The minimum Gasteiger partial charge on any atom is -0.376 e. The summed E-state index contributed by atoms with van der Waals surface area (Å²) in [6.45, 7) is 6.75. The Morgan fingerprint density at radius 1 is 1.31 bits per heavy atom. The molecule has 146 valence electrons. The van der Waals surface area contributed by atoms with Crippen LogP contribution in [-0.2, 0) is 14.8 Å². The fraction of sp³-hybridized carbons (Fsp3) is 0.765. The Kier molecular flexibility index (Phi) is 6.31. The topological polar surface area (TPSA) is 96.5 Å². The van der Waals surface area contributed by atoms with Crippen LogP contribution in [-0.4, -0.2) is 66.8 Å². The lowest BCUT2D eigenvalue weighted by Crippen LogP contribution is -2.43. The Bertz CT molecular complexity index is 697. The Morgan fingerprint density at radius 2 is 2.12 bits per heavy atom. The fourth-order valence-corrected chi connectivity index (χ4v) is 5.12. The Balaban J connectivity index is 1.54. The van der Waals surface area contributed by atoms with Crippen molar-refractivity contribution in [3.8, 4) is 0 Å². The van der Waals surface area contributed by atoms with Crippen LogP contribution in [0.1, 0.15) is 33.1 Å². The zero-order valence-corrected chi connectivity index (χ0v) is 16.3. The van der Waals surface area contributed by atoms with E-state index in [2.05, 4.69) is 34.4 Å². The number of anilines is 2. The van der Waals surface area contributed by atoms with Crippen LogP contribution in [0.5, 0.6) is 0 Å². The molecule has 0 bridgehead atoms. The quantitative estimate of drug-likeness (QED) is 0.737. The van der Waals surface area contributed by atoms with Gasteiger partial charge in [-0.1, -0.05) is 13.8 Å². The van der Waals surface area contributed by atoms with E-state index in [0.29, 0.717) is 37.8 Å². The van der Waals surface area contributed by atoms with E-state index >= 15 is 0 Å². The molecule has 8 nitrogen and oxygen atoms in total. The normalized spacial score (nSPS) is 26.1. The standard InChI is InChI=1S/C17H29N5O3S/c1-13(2)17-14(5-3-9-25-17)21-16-11-15(19-12-20-16)18-6-8-22-7-4-10-26(22,23)24/h11-14,17H,3-10H2,1-2H3,(H2,18,19,20,21). The lowest BCUT2D eigenvalue weighted by atomic mass is 9.94. The molecule has 3 heterocycles. The maximum Gasteiger partial charge on any atom is 0.214 e. The molecular formula is C17H29N5O3S. The van der Waals surface area contributed by atoms with E-state index in [9.17, 15) is 8.42 Å². The van der Waals surface area contributed by atoms with Crippen LogP contribution in [0.2, 0.25) is 0 Å². The van der Waals surface area contributed by atoms with E-state index in [0.717, 1.165) is 25.3 Å². The van der Waals surface area contributed by atoms with Gasteiger partial charge in [-0.2, -0.15) is 0 Å². The van der Waals surface area contributed by atoms with Crippen molar-refractivity contribution in [2.75, 3.05) is 42.6 Å². The molecule has 9 heteroatoms. The predicted molar refractivity (Wildman–Crippen MR) is 102 cm³/mol. The van der Waals surface area contributed by atoms with Crippen molar-refractivity contribution < 1.29 is 13.2 Å². The average Bonchev–Trinajstić information content (AvgIpc) is 2.94. The summed E-state index contributed by atoms with van der Waals surface area (Å²) in [6, 6.07) is 2.10. The van der Waals surface area contributed by atoms with Crippen molar-refractivity contribution in [3.05, 3.63) is 12.4 Å². The van der Waals surface area contributed by atoms with E-state index < -0.39 is 10.0 Å². The lowest BCUT2D eigenvalue weighted by molar-refractivity contribution is -0.0203. The number of rotatable bonds is 7. The molecule has 0 aliphatic carbocycles. The van der Waals surface area contributed by atoms with Gasteiger partial charge in [0.2, 0.25) is 10.0 Å². The minimum absolute atomic E-state index is 0.176. The van der Waals surface area contributed by atoms with Crippen molar-refractivity contribution >= 4 is 21.7 Å². The fourth-order valence-electron chi connectivity index (χ4n) is 3.59. The molecule has 0 radical (unpaired) electrons. The van der Waals surface area contributed by atoms with Gasteiger partial charge in [0.1, 0.15) is 18.0 Å². The molecule has 3 rings (SSSR count). The van der Waals surface area contributed by atoms with Gasteiger partial charge in [0.05, 0.1) is 17.9 Å². The molecule has 0 amide bonds. The highest BCUT2D eigenvalue weighted by Crippen LogP contribution is 2.24. The van der Waals surface area contributed by atoms with Crippen molar-refractivity contribution in [3.63, 3.8) is 0 Å². The third kappa shape index (κ3) is 4.83. The maximum atomic E-state index is 11.8. The van der Waals surface area contributed by atoms with Gasteiger partial charge >= 0.3 is 0 Å². The summed E-state index contributed by atoms with van der Waals surface area (Å²) in [7, 11) is -3.05. The van der Waals surface area contributed by atoms with E-state index in [-0.39, 0.29) is 17.9 Å². The number of sulfonamides is 1. The summed E-state index contributed by atoms with van der Waals surface area (Å²) < 4.78 is 31.1. The second-order valence-corrected chi connectivity index (χ2v) is 9.34. The molecule has 2 fully saturated rings. The molecule has 2 saturated heterocycles. The molecule has 1 aromatic rings. The molecule has 0 aromatic carbocycles. The second-order valence-electron chi connectivity index (χ2n) is 7.26. The van der Waals surface area contributed by atoms with Crippen LogP contribution in [0.3, 0.4) is 0 Å².